The molecule has 4 nitrogen and oxygen atoms in total. The Labute approximate surface area is 90.4 Å². The van der Waals surface area contributed by atoms with E-state index in [1.807, 2.05) is 0 Å². The highest BCUT2D eigenvalue weighted by Gasteiger charge is 2.25. The summed E-state index contributed by atoms with van der Waals surface area (Å²) in [4.78, 5) is 2.50. The molecule has 1 aliphatic heterocycles. The molecule has 2 rings (SSSR count). The summed E-state index contributed by atoms with van der Waals surface area (Å²) in [5, 5.41) is 3.81. The van der Waals surface area contributed by atoms with Crippen LogP contribution in [-0.2, 0) is 13.0 Å². The molecule has 0 aliphatic carbocycles. The summed E-state index contributed by atoms with van der Waals surface area (Å²) in [6.07, 6.45) is 5.25. The highest BCUT2D eigenvalue weighted by molar-refractivity contribution is 5.14. The summed E-state index contributed by atoms with van der Waals surface area (Å²) < 4.78 is 5.25. The lowest BCUT2D eigenvalue weighted by molar-refractivity contribution is 0.248. The van der Waals surface area contributed by atoms with Crippen molar-refractivity contribution in [2.75, 3.05) is 13.1 Å². The first-order valence-electron chi connectivity index (χ1n) is 5.71. The molecule has 2 N–H and O–H groups in total. The van der Waals surface area contributed by atoms with Gasteiger partial charge in [0, 0.05) is 24.6 Å². The third-order valence-corrected chi connectivity index (χ3v) is 3.28. The van der Waals surface area contributed by atoms with Crippen LogP contribution in [0.2, 0.25) is 0 Å². The van der Waals surface area contributed by atoms with E-state index < -0.39 is 0 Å². The van der Waals surface area contributed by atoms with Crippen LogP contribution in [0.5, 0.6) is 0 Å². The topological polar surface area (TPSA) is 55.3 Å². The van der Waals surface area contributed by atoms with Crippen molar-refractivity contribution in [1.29, 1.82) is 0 Å². The number of hydrogen-bond acceptors (Lipinski definition) is 4. The minimum atomic E-state index is 0.525. The lowest BCUT2D eigenvalue weighted by Gasteiger charge is -2.21. The van der Waals surface area contributed by atoms with Crippen LogP contribution in [0.1, 0.15) is 31.1 Å². The van der Waals surface area contributed by atoms with Gasteiger partial charge in [0.25, 0.3) is 0 Å². The standard InChI is InChI=1S/C11H19N3O/c1-2-14-5-3-4-10(14)6-11-9(7-12)8-13-15-11/h8,10H,2-7,12H2,1H3. The summed E-state index contributed by atoms with van der Waals surface area (Å²) in [6, 6.07) is 0.619. The molecule has 0 bridgehead atoms. The van der Waals surface area contributed by atoms with Crippen LogP contribution in [0, 0.1) is 0 Å². The number of likely N-dealkylation sites (N-methyl/N-ethyl adjacent to an activating group) is 1. The van der Waals surface area contributed by atoms with Crippen LogP contribution in [0.4, 0.5) is 0 Å². The first kappa shape index (κ1) is 10.6. The van der Waals surface area contributed by atoms with E-state index in [-0.39, 0.29) is 0 Å². The molecule has 15 heavy (non-hydrogen) atoms. The summed E-state index contributed by atoms with van der Waals surface area (Å²) >= 11 is 0. The van der Waals surface area contributed by atoms with Crippen LogP contribution >= 0.6 is 0 Å². The first-order chi connectivity index (χ1) is 7.35. The van der Waals surface area contributed by atoms with Crippen molar-refractivity contribution in [1.82, 2.24) is 10.1 Å². The number of nitrogens with two attached hydrogens (primary N) is 1. The molecule has 1 atom stereocenters. The van der Waals surface area contributed by atoms with E-state index in [1.165, 1.54) is 19.4 Å². The van der Waals surface area contributed by atoms with E-state index in [0.717, 1.165) is 24.3 Å². The lowest BCUT2D eigenvalue weighted by Crippen LogP contribution is -2.30. The van der Waals surface area contributed by atoms with Crippen molar-refractivity contribution in [2.45, 2.75) is 38.8 Å². The minimum Gasteiger partial charge on any atom is -0.361 e. The van der Waals surface area contributed by atoms with Crippen molar-refractivity contribution in [3.8, 4) is 0 Å². The first-order valence-corrected chi connectivity index (χ1v) is 5.71. The average molecular weight is 209 g/mol. The van der Waals surface area contributed by atoms with E-state index in [0.29, 0.717) is 12.6 Å². The molecule has 0 saturated carbocycles. The number of likely N-dealkylation sites (tertiary alicyclic amines) is 1. The highest BCUT2D eigenvalue weighted by atomic mass is 16.5. The van der Waals surface area contributed by atoms with Crippen molar-refractivity contribution in [3.05, 3.63) is 17.5 Å². The van der Waals surface area contributed by atoms with Gasteiger partial charge in [-0.25, -0.2) is 0 Å². The van der Waals surface area contributed by atoms with Gasteiger partial charge in [0.1, 0.15) is 5.76 Å². The van der Waals surface area contributed by atoms with Gasteiger partial charge < -0.3 is 15.2 Å². The van der Waals surface area contributed by atoms with E-state index in [2.05, 4.69) is 17.0 Å². The maximum atomic E-state index is 5.62. The second kappa shape index (κ2) is 4.77. The van der Waals surface area contributed by atoms with Crippen molar-refractivity contribution < 1.29 is 4.52 Å². The third kappa shape index (κ3) is 2.21. The molecule has 1 fully saturated rings. The Hall–Kier alpha value is -0.870. The predicted octanol–water partition coefficient (Wildman–Crippen LogP) is 1.16. The van der Waals surface area contributed by atoms with Crippen LogP contribution in [-0.4, -0.2) is 29.2 Å². The largest absolute Gasteiger partial charge is 0.361 e. The van der Waals surface area contributed by atoms with Crippen molar-refractivity contribution in [2.24, 2.45) is 5.73 Å². The van der Waals surface area contributed by atoms with Crippen LogP contribution < -0.4 is 5.73 Å². The molecule has 1 unspecified atom stereocenters. The predicted molar refractivity (Wildman–Crippen MR) is 58.4 cm³/mol. The Morgan fingerprint density at radius 2 is 2.53 bits per heavy atom. The Morgan fingerprint density at radius 3 is 3.27 bits per heavy atom. The second-order valence-corrected chi connectivity index (χ2v) is 4.11. The number of rotatable bonds is 4. The molecule has 0 aromatic carbocycles. The highest BCUT2D eigenvalue weighted by Crippen LogP contribution is 2.22. The Morgan fingerprint density at radius 1 is 1.67 bits per heavy atom. The van der Waals surface area contributed by atoms with Crippen LogP contribution in [0.25, 0.3) is 0 Å². The molecular formula is C11H19N3O. The van der Waals surface area contributed by atoms with Crippen LogP contribution in [0.3, 0.4) is 0 Å². The average Bonchev–Trinajstić information content (AvgIpc) is 2.87. The van der Waals surface area contributed by atoms with Gasteiger partial charge in [-0.1, -0.05) is 12.1 Å². The fourth-order valence-corrected chi connectivity index (χ4v) is 2.38. The summed E-state index contributed by atoms with van der Waals surface area (Å²) in [7, 11) is 0. The van der Waals surface area contributed by atoms with Gasteiger partial charge in [0.15, 0.2) is 0 Å². The molecule has 4 heteroatoms. The lowest BCUT2D eigenvalue weighted by atomic mass is 10.1. The van der Waals surface area contributed by atoms with Crippen molar-refractivity contribution >= 4 is 0 Å². The fourth-order valence-electron chi connectivity index (χ4n) is 2.38. The quantitative estimate of drug-likeness (QED) is 0.808. The minimum absolute atomic E-state index is 0.525. The fraction of sp³-hybridized carbons (Fsp3) is 0.727. The molecule has 2 heterocycles. The number of aromatic nitrogens is 1. The summed E-state index contributed by atoms with van der Waals surface area (Å²) in [5.74, 6) is 0.975. The Bertz CT molecular complexity index is 311. The van der Waals surface area contributed by atoms with E-state index in [1.54, 1.807) is 6.20 Å². The molecule has 0 spiro atoms. The zero-order valence-electron chi connectivity index (χ0n) is 9.28. The molecule has 1 aromatic rings. The molecule has 84 valence electrons. The zero-order chi connectivity index (χ0) is 10.7. The summed E-state index contributed by atoms with van der Waals surface area (Å²) in [5.41, 5.74) is 6.68. The van der Waals surface area contributed by atoms with E-state index in [9.17, 15) is 0 Å². The maximum Gasteiger partial charge on any atom is 0.142 e. The van der Waals surface area contributed by atoms with Gasteiger partial charge >= 0.3 is 0 Å². The zero-order valence-corrected chi connectivity index (χ0v) is 9.28. The number of hydrogen-bond donors (Lipinski definition) is 1. The molecule has 0 amide bonds. The molecular weight excluding hydrogens is 190 g/mol. The van der Waals surface area contributed by atoms with Gasteiger partial charge in [-0.2, -0.15) is 0 Å². The van der Waals surface area contributed by atoms with Gasteiger partial charge in [-0.05, 0) is 25.9 Å². The smallest absolute Gasteiger partial charge is 0.142 e. The van der Waals surface area contributed by atoms with Gasteiger partial charge in [0.2, 0.25) is 0 Å². The van der Waals surface area contributed by atoms with Crippen molar-refractivity contribution in [3.63, 3.8) is 0 Å². The summed E-state index contributed by atoms with van der Waals surface area (Å²) in [6.45, 7) is 5.07. The molecule has 1 aromatic heterocycles. The Kier molecular flexibility index (Phi) is 3.38. The Balaban J connectivity index is 2.01. The SMILES string of the molecule is CCN1CCCC1Cc1oncc1CN. The molecule has 0 radical (unpaired) electrons. The van der Waals surface area contributed by atoms with Gasteiger partial charge in [0.05, 0.1) is 6.20 Å². The third-order valence-electron chi connectivity index (χ3n) is 3.28. The monoisotopic (exact) mass is 209 g/mol. The van der Waals surface area contributed by atoms with Gasteiger partial charge in [-0.3, -0.25) is 0 Å². The van der Waals surface area contributed by atoms with Crippen LogP contribution in [0.15, 0.2) is 10.7 Å². The normalized spacial score (nSPS) is 22.4. The second-order valence-electron chi connectivity index (χ2n) is 4.11. The molecule has 1 aliphatic rings. The number of nitrogens with zero attached hydrogens (tertiary/aromatic N) is 2. The van der Waals surface area contributed by atoms with E-state index in [4.69, 9.17) is 10.3 Å². The van der Waals surface area contributed by atoms with E-state index >= 15 is 0 Å². The molecule has 1 saturated heterocycles. The van der Waals surface area contributed by atoms with Gasteiger partial charge in [-0.15, -0.1) is 0 Å². The maximum absolute atomic E-state index is 5.62.